The van der Waals surface area contributed by atoms with E-state index in [-0.39, 0.29) is 18.2 Å². The summed E-state index contributed by atoms with van der Waals surface area (Å²) in [6.45, 7) is 5.56. The molecule has 0 fully saturated rings. The van der Waals surface area contributed by atoms with Crippen LogP contribution in [0.15, 0.2) is 24.3 Å². The number of carbonyl (C=O) groups excluding carboxylic acids is 2. The molecule has 0 bridgehead atoms. The molecule has 2 rings (SSSR count). The topological polar surface area (TPSA) is 55.4 Å². The van der Waals surface area contributed by atoms with Crippen molar-refractivity contribution in [3.8, 4) is 5.75 Å². The van der Waals surface area contributed by atoms with E-state index in [0.717, 1.165) is 11.3 Å². The van der Waals surface area contributed by atoms with E-state index in [1.54, 1.807) is 0 Å². The highest BCUT2D eigenvalue weighted by atomic mass is 16.5. The predicted molar refractivity (Wildman–Crippen MR) is 72.0 cm³/mol. The van der Waals surface area contributed by atoms with Crippen LogP contribution in [-0.4, -0.2) is 24.3 Å². The van der Waals surface area contributed by atoms with Crippen LogP contribution in [0.25, 0.3) is 0 Å². The third kappa shape index (κ3) is 3.13. The van der Waals surface area contributed by atoms with Crippen molar-refractivity contribution in [2.45, 2.75) is 33.3 Å². The number of rotatable bonds is 3. The van der Waals surface area contributed by atoms with Gasteiger partial charge in [-0.3, -0.25) is 9.59 Å². The van der Waals surface area contributed by atoms with Crippen LogP contribution >= 0.6 is 0 Å². The molecule has 0 aliphatic carbocycles. The molecule has 0 saturated carbocycles. The highest BCUT2D eigenvalue weighted by molar-refractivity contribution is 5.91. The zero-order valence-corrected chi connectivity index (χ0v) is 11.5. The van der Waals surface area contributed by atoms with E-state index in [9.17, 15) is 9.59 Å². The van der Waals surface area contributed by atoms with Gasteiger partial charge in [-0.2, -0.15) is 0 Å². The number of hydrogen-bond acceptors (Lipinski definition) is 3. The molecule has 1 heterocycles. The van der Waals surface area contributed by atoms with E-state index >= 15 is 0 Å². The number of ketones is 1. The van der Waals surface area contributed by atoms with Crippen molar-refractivity contribution in [2.24, 2.45) is 5.41 Å². The maximum absolute atomic E-state index is 12.0. The number of ether oxygens (including phenoxy) is 1. The number of nitrogens with one attached hydrogen (secondary N) is 1. The number of fused-ring (bicyclic) bond motifs is 1. The molecule has 1 N–H and O–H groups in total. The summed E-state index contributed by atoms with van der Waals surface area (Å²) in [7, 11) is 0. The molecule has 1 aromatic carbocycles. The van der Waals surface area contributed by atoms with Crippen LogP contribution in [0.1, 0.15) is 26.3 Å². The van der Waals surface area contributed by atoms with Crippen molar-refractivity contribution < 1.29 is 14.3 Å². The molecule has 0 spiro atoms. The number of amides is 1. The Hall–Kier alpha value is -1.84. The van der Waals surface area contributed by atoms with Gasteiger partial charge in [-0.15, -0.1) is 0 Å². The molecule has 0 aromatic heterocycles. The number of carbonyl (C=O) groups is 2. The molecule has 0 radical (unpaired) electrons. The van der Waals surface area contributed by atoms with Crippen LogP contribution in [-0.2, 0) is 16.0 Å². The first-order valence-corrected chi connectivity index (χ1v) is 6.43. The molecule has 1 aliphatic rings. The monoisotopic (exact) mass is 261 g/mol. The molecule has 4 heteroatoms. The van der Waals surface area contributed by atoms with Gasteiger partial charge in [-0.05, 0) is 11.6 Å². The second-order valence-corrected chi connectivity index (χ2v) is 5.81. The Labute approximate surface area is 113 Å². The minimum Gasteiger partial charge on any atom is -0.480 e. The Morgan fingerprint density at radius 2 is 2.00 bits per heavy atom. The van der Waals surface area contributed by atoms with Crippen molar-refractivity contribution in [3.63, 3.8) is 0 Å². The van der Waals surface area contributed by atoms with Crippen LogP contribution in [0.3, 0.4) is 0 Å². The van der Waals surface area contributed by atoms with Crippen molar-refractivity contribution in [1.29, 1.82) is 0 Å². The minimum atomic E-state index is -0.523. The summed E-state index contributed by atoms with van der Waals surface area (Å²) >= 11 is 0. The third-order valence-corrected chi connectivity index (χ3v) is 3.20. The molecule has 1 unspecified atom stereocenters. The average Bonchev–Trinajstić information content (AvgIpc) is 2.78. The first kappa shape index (κ1) is 13.6. The quantitative estimate of drug-likeness (QED) is 0.901. The lowest BCUT2D eigenvalue weighted by atomic mass is 9.91. The summed E-state index contributed by atoms with van der Waals surface area (Å²) in [5.74, 6) is 0.537. The zero-order valence-electron chi connectivity index (χ0n) is 11.5. The van der Waals surface area contributed by atoms with Crippen molar-refractivity contribution >= 4 is 11.7 Å². The molecule has 102 valence electrons. The number of para-hydroxylation sites is 1. The van der Waals surface area contributed by atoms with E-state index in [1.165, 1.54) is 0 Å². The maximum atomic E-state index is 12.0. The Bertz CT molecular complexity index is 477. The van der Waals surface area contributed by atoms with Crippen LogP contribution in [0.2, 0.25) is 0 Å². The zero-order chi connectivity index (χ0) is 14.0. The Kier molecular flexibility index (Phi) is 3.60. The first-order chi connectivity index (χ1) is 8.88. The fourth-order valence-corrected chi connectivity index (χ4v) is 1.87. The van der Waals surface area contributed by atoms with Gasteiger partial charge in [0.1, 0.15) is 5.75 Å². The molecule has 1 aromatic rings. The number of hydrogen-bond donors (Lipinski definition) is 1. The number of Topliss-reactive ketones (excluding diaryl/α,β-unsaturated/α-hetero) is 1. The molecule has 1 aliphatic heterocycles. The molecular formula is C15H19NO3. The second kappa shape index (κ2) is 5.03. The summed E-state index contributed by atoms with van der Waals surface area (Å²) in [6, 6.07) is 7.60. The first-order valence-electron chi connectivity index (χ1n) is 6.43. The van der Waals surface area contributed by atoms with Gasteiger partial charge in [0.25, 0.3) is 5.91 Å². The molecule has 1 atom stereocenters. The molecule has 19 heavy (non-hydrogen) atoms. The summed E-state index contributed by atoms with van der Waals surface area (Å²) in [4.78, 5) is 23.7. The van der Waals surface area contributed by atoms with Gasteiger partial charge in [-0.25, -0.2) is 0 Å². The lowest BCUT2D eigenvalue weighted by Gasteiger charge is -2.17. The Balaban J connectivity index is 1.89. The summed E-state index contributed by atoms with van der Waals surface area (Å²) in [5, 5.41) is 2.65. The van der Waals surface area contributed by atoms with Crippen LogP contribution in [0, 0.1) is 5.41 Å². The molecule has 1 amide bonds. The van der Waals surface area contributed by atoms with Crippen molar-refractivity contribution in [1.82, 2.24) is 5.32 Å². The summed E-state index contributed by atoms with van der Waals surface area (Å²) < 4.78 is 5.56. The SMILES string of the molecule is CC(C)(C)C(=O)CNC(=O)C1Cc2ccccc2O1. The van der Waals surface area contributed by atoms with Crippen LogP contribution in [0.4, 0.5) is 0 Å². The van der Waals surface area contributed by atoms with Gasteiger partial charge < -0.3 is 10.1 Å². The van der Waals surface area contributed by atoms with Gasteiger partial charge >= 0.3 is 0 Å². The Morgan fingerprint density at radius 3 is 2.63 bits per heavy atom. The lowest BCUT2D eigenvalue weighted by Crippen LogP contribution is -2.42. The van der Waals surface area contributed by atoms with E-state index in [0.29, 0.717) is 6.42 Å². The standard InChI is InChI=1S/C15H19NO3/c1-15(2,3)13(17)9-16-14(18)12-8-10-6-4-5-7-11(10)19-12/h4-7,12H,8-9H2,1-3H3,(H,16,18). The fraction of sp³-hybridized carbons (Fsp3) is 0.467. The fourth-order valence-electron chi connectivity index (χ4n) is 1.87. The predicted octanol–water partition coefficient (Wildman–Crippen LogP) is 1.72. The highest BCUT2D eigenvalue weighted by Gasteiger charge is 2.29. The van der Waals surface area contributed by atoms with Crippen LogP contribution < -0.4 is 10.1 Å². The maximum Gasteiger partial charge on any atom is 0.261 e. The smallest absolute Gasteiger partial charge is 0.261 e. The van der Waals surface area contributed by atoms with E-state index < -0.39 is 11.5 Å². The van der Waals surface area contributed by atoms with E-state index in [4.69, 9.17) is 4.74 Å². The van der Waals surface area contributed by atoms with Gasteiger partial charge in [-0.1, -0.05) is 39.0 Å². The van der Waals surface area contributed by atoms with Crippen molar-refractivity contribution in [3.05, 3.63) is 29.8 Å². The minimum absolute atomic E-state index is 0.0105. The van der Waals surface area contributed by atoms with E-state index in [2.05, 4.69) is 5.32 Å². The summed E-state index contributed by atoms with van der Waals surface area (Å²) in [5.41, 5.74) is 0.594. The van der Waals surface area contributed by atoms with Gasteiger partial charge in [0.05, 0.1) is 6.54 Å². The van der Waals surface area contributed by atoms with Gasteiger partial charge in [0, 0.05) is 11.8 Å². The highest BCUT2D eigenvalue weighted by Crippen LogP contribution is 2.28. The largest absolute Gasteiger partial charge is 0.480 e. The number of benzene rings is 1. The second-order valence-electron chi connectivity index (χ2n) is 5.81. The third-order valence-electron chi connectivity index (χ3n) is 3.20. The molecule has 0 saturated heterocycles. The normalized spacial score (nSPS) is 17.5. The Morgan fingerprint density at radius 1 is 1.32 bits per heavy atom. The average molecular weight is 261 g/mol. The molecule has 4 nitrogen and oxygen atoms in total. The molecular weight excluding hydrogens is 242 g/mol. The van der Waals surface area contributed by atoms with Crippen LogP contribution in [0.5, 0.6) is 5.75 Å². The van der Waals surface area contributed by atoms with E-state index in [1.807, 2.05) is 45.0 Å². The van der Waals surface area contributed by atoms with Gasteiger partial charge in [0.2, 0.25) is 0 Å². The lowest BCUT2D eigenvalue weighted by molar-refractivity contribution is -0.131. The summed E-state index contributed by atoms with van der Waals surface area (Å²) in [6.07, 6.45) is 0.0382. The van der Waals surface area contributed by atoms with Crippen molar-refractivity contribution in [2.75, 3.05) is 6.54 Å². The van der Waals surface area contributed by atoms with Gasteiger partial charge in [0.15, 0.2) is 11.9 Å².